The third-order valence-corrected chi connectivity index (χ3v) is 6.47. The average molecular weight is 459 g/mol. The Hall–Kier alpha value is -2.56. The first kappa shape index (κ1) is 22.6. The lowest BCUT2D eigenvalue weighted by molar-refractivity contribution is -0.139. The van der Waals surface area contributed by atoms with Crippen molar-refractivity contribution in [2.24, 2.45) is 0 Å². The molecule has 0 spiro atoms. The van der Waals surface area contributed by atoms with Gasteiger partial charge in [0.15, 0.2) is 0 Å². The lowest BCUT2D eigenvalue weighted by atomic mass is 9.86. The van der Waals surface area contributed by atoms with Gasteiger partial charge in [-0.3, -0.25) is 19.7 Å². The standard InChI is InChI=1S/C21H22F5N3O3/c22-14-9-12-13(10-29(20(12)32)15-1-2-16(30)27-19(15)31)18(23)17(14)11-3-6-28(7-4-11)8-5-21(24,25)26/h9,11,15H,1-8,10H2,(H,27,30,31). The molecule has 3 heterocycles. The third kappa shape index (κ3) is 4.35. The number of likely N-dealkylation sites (tertiary alicyclic amines) is 1. The van der Waals surface area contributed by atoms with E-state index < -0.39 is 53.9 Å². The van der Waals surface area contributed by atoms with Crippen molar-refractivity contribution in [1.29, 1.82) is 0 Å². The van der Waals surface area contributed by atoms with Crippen LogP contribution in [0.5, 0.6) is 0 Å². The van der Waals surface area contributed by atoms with Crippen LogP contribution in [0.3, 0.4) is 0 Å². The molecule has 0 radical (unpaired) electrons. The van der Waals surface area contributed by atoms with Gasteiger partial charge >= 0.3 is 6.18 Å². The zero-order valence-electron chi connectivity index (χ0n) is 17.1. The molecule has 1 atom stereocenters. The van der Waals surface area contributed by atoms with Gasteiger partial charge in [-0.2, -0.15) is 13.2 Å². The molecule has 2 saturated heterocycles. The summed E-state index contributed by atoms with van der Waals surface area (Å²) >= 11 is 0. The molecule has 0 bridgehead atoms. The summed E-state index contributed by atoms with van der Waals surface area (Å²) in [5.74, 6) is -3.97. The second-order valence-electron chi connectivity index (χ2n) is 8.49. The molecular weight excluding hydrogens is 437 g/mol. The van der Waals surface area contributed by atoms with Crippen molar-refractivity contribution >= 4 is 17.7 Å². The quantitative estimate of drug-likeness (QED) is 0.556. The van der Waals surface area contributed by atoms with Gasteiger partial charge in [0.05, 0.1) is 18.5 Å². The van der Waals surface area contributed by atoms with Crippen molar-refractivity contribution in [2.45, 2.75) is 56.8 Å². The first-order valence-electron chi connectivity index (χ1n) is 10.5. The average Bonchev–Trinajstić information content (AvgIpc) is 3.03. The van der Waals surface area contributed by atoms with E-state index in [1.807, 2.05) is 0 Å². The number of imide groups is 1. The van der Waals surface area contributed by atoms with Gasteiger partial charge in [-0.05, 0) is 44.3 Å². The fourth-order valence-corrected chi connectivity index (χ4v) is 4.76. The first-order valence-corrected chi connectivity index (χ1v) is 10.5. The van der Waals surface area contributed by atoms with Crippen LogP contribution < -0.4 is 5.32 Å². The minimum absolute atomic E-state index is 0.00982. The number of nitrogens with one attached hydrogen (secondary N) is 1. The highest BCUT2D eigenvalue weighted by Crippen LogP contribution is 2.38. The topological polar surface area (TPSA) is 69.7 Å². The van der Waals surface area contributed by atoms with E-state index in [-0.39, 0.29) is 55.7 Å². The Morgan fingerprint density at radius 1 is 1.06 bits per heavy atom. The fraction of sp³-hybridized carbons (Fsp3) is 0.571. The normalized spacial score (nSPS) is 23.0. The second kappa shape index (κ2) is 8.42. The molecule has 0 aliphatic carbocycles. The maximum absolute atomic E-state index is 15.4. The minimum Gasteiger partial charge on any atom is -0.322 e. The molecule has 1 aromatic carbocycles. The largest absolute Gasteiger partial charge is 0.390 e. The number of hydrogen-bond donors (Lipinski definition) is 1. The van der Waals surface area contributed by atoms with Crippen LogP contribution in [0.2, 0.25) is 0 Å². The molecule has 32 heavy (non-hydrogen) atoms. The van der Waals surface area contributed by atoms with E-state index in [0.29, 0.717) is 12.8 Å². The van der Waals surface area contributed by atoms with Crippen LogP contribution in [0.4, 0.5) is 22.0 Å². The van der Waals surface area contributed by atoms with E-state index in [4.69, 9.17) is 0 Å². The van der Waals surface area contributed by atoms with Crippen LogP contribution in [0.15, 0.2) is 6.07 Å². The summed E-state index contributed by atoms with van der Waals surface area (Å²) in [6.45, 7) is 0.223. The van der Waals surface area contributed by atoms with Crippen LogP contribution in [-0.4, -0.2) is 59.4 Å². The number of piperidine rings is 2. The van der Waals surface area contributed by atoms with E-state index >= 15 is 4.39 Å². The van der Waals surface area contributed by atoms with E-state index in [1.165, 1.54) is 0 Å². The molecule has 2 fully saturated rings. The zero-order valence-corrected chi connectivity index (χ0v) is 17.1. The van der Waals surface area contributed by atoms with Gasteiger partial charge in [0, 0.05) is 24.1 Å². The molecule has 174 valence electrons. The number of amides is 3. The minimum atomic E-state index is -4.25. The number of carbonyl (C=O) groups is 3. The van der Waals surface area contributed by atoms with Crippen LogP contribution >= 0.6 is 0 Å². The van der Waals surface area contributed by atoms with Crippen molar-refractivity contribution in [3.63, 3.8) is 0 Å². The number of carbonyl (C=O) groups excluding carboxylic acids is 3. The number of halogens is 5. The van der Waals surface area contributed by atoms with Crippen molar-refractivity contribution in [2.75, 3.05) is 19.6 Å². The molecule has 0 aromatic heterocycles. The van der Waals surface area contributed by atoms with Crippen molar-refractivity contribution < 1.29 is 36.3 Å². The van der Waals surface area contributed by atoms with Gasteiger partial charge in [0.1, 0.15) is 17.7 Å². The van der Waals surface area contributed by atoms with Gasteiger partial charge in [-0.15, -0.1) is 0 Å². The predicted octanol–water partition coefficient (Wildman–Crippen LogP) is 2.86. The number of benzene rings is 1. The van der Waals surface area contributed by atoms with Crippen LogP contribution in [0, 0.1) is 11.6 Å². The summed E-state index contributed by atoms with van der Waals surface area (Å²) < 4.78 is 67.5. The predicted molar refractivity (Wildman–Crippen MR) is 101 cm³/mol. The number of nitrogens with zero attached hydrogens (tertiary/aromatic N) is 2. The SMILES string of the molecule is O=C1CCC(N2Cc3c(cc(F)c(C4CCN(CCC(F)(F)F)CC4)c3F)C2=O)C(=O)N1. The fourth-order valence-electron chi connectivity index (χ4n) is 4.76. The lowest BCUT2D eigenvalue weighted by Gasteiger charge is -2.32. The molecule has 3 amide bonds. The molecule has 3 aliphatic heterocycles. The molecule has 3 aliphatic rings. The maximum atomic E-state index is 15.4. The third-order valence-electron chi connectivity index (χ3n) is 6.47. The Bertz CT molecular complexity index is 957. The molecule has 11 heteroatoms. The number of alkyl halides is 3. The van der Waals surface area contributed by atoms with Gasteiger partial charge in [-0.25, -0.2) is 8.78 Å². The Labute approximate surface area is 180 Å². The molecular formula is C21H22F5N3O3. The summed E-state index contributed by atoms with van der Waals surface area (Å²) in [7, 11) is 0. The number of hydrogen-bond acceptors (Lipinski definition) is 4. The zero-order chi connectivity index (χ0) is 23.2. The second-order valence-corrected chi connectivity index (χ2v) is 8.49. The molecule has 4 rings (SSSR count). The number of fused-ring (bicyclic) bond motifs is 1. The molecule has 6 nitrogen and oxygen atoms in total. The Balaban J connectivity index is 1.49. The van der Waals surface area contributed by atoms with Crippen molar-refractivity contribution in [3.8, 4) is 0 Å². The summed E-state index contributed by atoms with van der Waals surface area (Å²) in [5, 5.41) is 2.15. The van der Waals surface area contributed by atoms with Gasteiger partial charge < -0.3 is 9.80 Å². The highest BCUT2D eigenvalue weighted by Gasteiger charge is 2.42. The Kier molecular flexibility index (Phi) is 5.95. The van der Waals surface area contributed by atoms with E-state index in [0.717, 1.165) is 11.0 Å². The molecule has 1 aromatic rings. The maximum Gasteiger partial charge on any atom is 0.390 e. The van der Waals surface area contributed by atoms with Crippen LogP contribution in [0.1, 0.15) is 59.5 Å². The smallest absolute Gasteiger partial charge is 0.322 e. The van der Waals surface area contributed by atoms with Gasteiger partial charge in [0.2, 0.25) is 11.8 Å². The van der Waals surface area contributed by atoms with E-state index in [9.17, 15) is 31.9 Å². The molecule has 1 unspecified atom stereocenters. The highest BCUT2D eigenvalue weighted by atomic mass is 19.4. The highest BCUT2D eigenvalue weighted by molar-refractivity contribution is 6.05. The van der Waals surface area contributed by atoms with Gasteiger partial charge in [-0.1, -0.05) is 0 Å². The van der Waals surface area contributed by atoms with E-state index in [1.54, 1.807) is 4.90 Å². The Morgan fingerprint density at radius 2 is 1.75 bits per heavy atom. The number of rotatable bonds is 4. The monoisotopic (exact) mass is 459 g/mol. The summed E-state index contributed by atoms with van der Waals surface area (Å²) in [6.07, 6.45) is -4.43. The lowest BCUT2D eigenvalue weighted by Crippen LogP contribution is -2.52. The van der Waals surface area contributed by atoms with Crippen molar-refractivity contribution in [1.82, 2.24) is 15.1 Å². The Morgan fingerprint density at radius 3 is 2.38 bits per heavy atom. The summed E-state index contributed by atoms with van der Waals surface area (Å²) in [4.78, 5) is 39.0. The first-order chi connectivity index (χ1) is 15.0. The van der Waals surface area contributed by atoms with Crippen molar-refractivity contribution in [3.05, 3.63) is 34.4 Å². The van der Waals surface area contributed by atoms with E-state index in [2.05, 4.69) is 5.32 Å². The van der Waals surface area contributed by atoms with Crippen LogP contribution in [0.25, 0.3) is 0 Å². The summed E-state index contributed by atoms with van der Waals surface area (Å²) in [6, 6.07) is 0.0493. The molecule has 1 N–H and O–H groups in total. The van der Waals surface area contributed by atoms with Crippen LogP contribution in [-0.2, 0) is 16.1 Å². The van der Waals surface area contributed by atoms with Gasteiger partial charge in [0.25, 0.3) is 5.91 Å². The summed E-state index contributed by atoms with van der Waals surface area (Å²) in [5.41, 5.74) is -0.288. The molecule has 0 saturated carbocycles.